The van der Waals surface area contributed by atoms with Crippen LogP contribution in [0.25, 0.3) is 11.3 Å². The van der Waals surface area contributed by atoms with Crippen LogP contribution in [0.2, 0.25) is 0 Å². The van der Waals surface area contributed by atoms with Crippen molar-refractivity contribution in [2.75, 3.05) is 24.7 Å². The molecule has 0 saturated carbocycles. The van der Waals surface area contributed by atoms with E-state index in [1.165, 1.54) is 6.07 Å². The fourth-order valence-corrected chi connectivity index (χ4v) is 1.71. The Morgan fingerprint density at radius 2 is 1.86 bits per heavy atom. The maximum atomic E-state index is 12.3. The van der Waals surface area contributed by atoms with Gasteiger partial charge in [-0.15, -0.1) is 13.2 Å². The average molecular weight is 314 g/mol. The summed E-state index contributed by atoms with van der Waals surface area (Å²) in [6, 6.07) is 4.47. The van der Waals surface area contributed by atoms with E-state index in [0.717, 1.165) is 18.2 Å². The molecule has 3 N–H and O–H groups in total. The highest BCUT2D eigenvalue weighted by atomic mass is 19.4. The zero-order valence-corrected chi connectivity index (χ0v) is 11.7. The van der Waals surface area contributed by atoms with Crippen molar-refractivity contribution in [1.82, 2.24) is 9.97 Å². The second-order valence-corrected chi connectivity index (χ2v) is 4.60. The van der Waals surface area contributed by atoms with Gasteiger partial charge in [0.2, 0.25) is 5.95 Å². The van der Waals surface area contributed by atoms with E-state index in [2.05, 4.69) is 14.7 Å². The van der Waals surface area contributed by atoms with Crippen molar-refractivity contribution in [3.8, 4) is 22.8 Å². The Morgan fingerprint density at radius 3 is 2.45 bits per heavy atom. The molecule has 0 aliphatic heterocycles. The van der Waals surface area contributed by atoms with Gasteiger partial charge in [-0.05, 0) is 18.2 Å². The molecule has 0 spiro atoms. The van der Waals surface area contributed by atoms with Crippen LogP contribution in [0.1, 0.15) is 0 Å². The van der Waals surface area contributed by atoms with E-state index in [4.69, 9.17) is 5.73 Å². The largest absolute Gasteiger partial charge is 0.573 e. The number of hydrogen-bond donors (Lipinski definition) is 2. The maximum Gasteiger partial charge on any atom is 0.573 e. The van der Waals surface area contributed by atoms with Gasteiger partial charge in [-0.1, -0.05) is 0 Å². The third-order valence-electron chi connectivity index (χ3n) is 2.61. The third kappa shape index (κ3) is 3.68. The SMILES string of the molecule is CN(C)c1nc(N)cc(-c2cc(OC(F)(F)F)ccc2O)n1. The van der Waals surface area contributed by atoms with Gasteiger partial charge in [-0.2, -0.15) is 4.98 Å². The second-order valence-electron chi connectivity index (χ2n) is 4.60. The van der Waals surface area contributed by atoms with Crippen LogP contribution in [-0.2, 0) is 0 Å². The number of aromatic nitrogens is 2. The average Bonchev–Trinajstić information content (AvgIpc) is 2.38. The molecule has 9 heteroatoms. The molecule has 2 rings (SSSR count). The van der Waals surface area contributed by atoms with Crippen molar-refractivity contribution in [2.24, 2.45) is 0 Å². The van der Waals surface area contributed by atoms with Gasteiger partial charge in [-0.3, -0.25) is 0 Å². The number of benzene rings is 1. The summed E-state index contributed by atoms with van der Waals surface area (Å²) in [4.78, 5) is 9.69. The van der Waals surface area contributed by atoms with E-state index >= 15 is 0 Å². The molecule has 1 heterocycles. The number of nitrogens with two attached hydrogens (primary N) is 1. The number of rotatable bonds is 3. The Morgan fingerprint density at radius 1 is 1.18 bits per heavy atom. The second kappa shape index (κ2) is 5.58. The van der Waals surface area contributed by atoms with Crippen molar-refractivity contribution in [3.63, 3.8) is 0 Å². The Bertz CT molecular complexity index is 689. The quantitative estimate of drug-likeness (QED) is 0.905. The normalized spacial score (nSPS) is 11.3. The van der Waals surface area contributed by atoms with Crippen LogP contribution >= 0.6 is 0 Å². The van der Waals surface area contributed by atoms with E-state index in [1.54, 1.807) is 19.0 Å². The predicted molar refractivity (Wildman–Crippen MR) is 74.6 cm³/mol. The minimum absolute atomic E-state index is 0.0546. The van der Waals surface area contributed by atoms with E-state index < -0.39 is 12.1 Å². The van der Waals surface area contributed by atoms with Crippen LogP contribution in [0.3, 0.4) is 0 Å². The van der Waals surface area contributed by atoms with Gasteiger partial charge in [0.1, 0.15) is 17.3 Å². The van der Waals surface area contributed by atoms with Crippen LogP contribution in [0.15, 0.2) is 24.3 Å². The highest BCUT2D eigenvalue weighted by Gasteiger charge is 2.31. The highest BCUT2D eigenvalue weighted by Crippen LogP contribution is 2.34. The number of ether oxygens (including phenoxy) is 1. The Labute approximate surface area is 124 Å². The van der Waals surface area contributed by atoms with E-state index in [0.29, 0.717) is 0 Å². The molecule has 0 saturated heterocycles. The Balaban J connectivity index is 2.50. The molecular weight excluding hydrogens is 301 g/mol. The van der Waals surface area contributed by atoms with Gasteiger partial charge < -0.3 is 20.5 Å². The fourth-order valence-electron chi connectivity index (χ4n) is 1.71. The number of anilines is 2. The summed E-state index contributed by atoms with van der Waals surface area (Å²) >= 11 is 0. The molecule has 0 bridgehead atoms. The van der Waals surface area contributed by atoms with E-state index in [1.807, 2.05) is 0 Å². The first kappa shape index (κ1) is 15.7. The molecule has 0 radical (unpaired) electrons. The smallest absolute Gasteiger partial charge is 0.507 e. The number of nitrogen functional groups attached to an aromatic ring is 1. The molecule has 0 atom stereocenters. The minimum atomic E-state index is -4.83. The summed E-state index contributed by atoms with van der Waals surface area (Å²) in [6.07, 6.45) is -4.83. The van der Waals surface area contributed by atoms with Gasteiger partial charge in [-0.25, -0.2) is 4.98 Å². The number of aromatic hydroxyl groups is 1. The lowest BCUT2D eigenvalue weighted by Gasteiger charge is -2.14. The van der Waals surface area contributed by atoms with Crippen molar-refractivity contribution in [1.29, 1.82) is 0 Å². The Hall–Kier alpha value is -2.71. The lowest BCUT2D eigenvalue weighted by atomic mass is 10.1. The summed E-state index contributed by atoms with van der Waals surface area (Å²) in [5, 5.41) is 9.86. The number of phenolic OH excluding ortho intramolecular Hbond substituents is 1. The highest BCUT2D eigenvalue weighted by molar-refractivity contribution is 5.71. The van der Waals surface area contributed by atoms with E-state index in [9.17, 15) is 18.3 Å². The number of halogens is 3. The van der Waals surface area contributed by atoms with Crippen LogP contribution in [-0.4, -0.2) is 35.5 Å². The molecule has 1 aromatic carbocycles. The van der Waals surface area contributed by atoms with Crippen molar-refractivity contribution in [2.45, 2.75) is 6.36 Å². The molecule has 6 nitrogen and oxygen atoms in total. The molecular formula is C13H13F3N4O2. The summed E-state index contributed by atoms with van der Waals surface area (Å²) in [6.45, 7) is 0. The van der Waals surface area contributed by atoms with Gasteiger partial charge >= 0.3 is 6.36 Å². The molecule has 0 aliphatic rings. The van der Waals surface area contributed by atoms with Crippen LogP contribution in [0, 0.1) is 0 Å². The van der Waals surface area contributed by atoms with Gasteiger partial charge in [0, 0.05) is 25.7 Å². The predicted octanol–water partition coefficient (Wildman–Crippen LogP) is 2.40. The molecule has 0 aliphatic carbocycles. The van der Waals surface area contributed by atoms with E-state index in [-0.39, 0.29) is 28.8 Å². The van der Waals surface area contributed by atoms with Gasteiger partial charge in [0.25, 0.3) is 0 Å². The topological polar surface area (TPSA) is 84.5 Å². The molecule has 2 aromatic rings. The zero-order valence-electron chi connectivity index (χ0n) is 11.7. The minimum Gasteiger partial charge on any atom is -0.507 e. The first-order chi connectivity index (χ1) is 10.2. The number of phenols is 1. The van der Waals surface area contributed by atoms with Crippen molar-refractivity contribution < 1.29 is 23.0 Å². The summed E-state index contributed by atoms with van der Waals surface area (Å²) in [5.74, 6) is -0.340. The van der Waals surface area contributed by atoms with Crippen molar-refractivity contribution in [3.05, 3.63) is 24.3 Å². The fraction of sp³-hybridized carbons (Fsp3) is 0.231. The van der Waals surface area contributed by atoms with Crippen molar-refractivity contribution >= 4 is 11.8 Å². The number of nitrogens with zero attached hydrogens (tertiary/aromatic N) is 3. The lowest BCUT2D eigenvalue weighted by molar-refractivity contribution is -0.274. The summed E-state index contributed by atoms with van der Waals surface area (Å²) in [7, 11) is 3.36. The van der Waals surface area contributed by atoms with Crippen LogP contribution < -0.4 is 15.4 Å². The monoisotopic (exact) mass is 314 g/mol. The number of hydrogen-bond acceptors (Lipinski definition) is 6. The lowest BCUT2D eigenvalue weighted by Crippen LogP contribution is -2.17. The van der Waals surface area contributed by atoms with Gasteiger partial charge in [0.15, 0.2) is 0 Å². The number of alkyl halides is 3. The Kier molecular flexibility index (Phi) is 3.98. The first-order valence-corrected chi connectivity index (χ1v) is 6.07. The first-order valence-electron chi connectivity index (χ1n) is 6.07. The molecule has 0 unspecified atom stereocenters. The third-order valence-corrected chi connectivity index (χ3v) is 2.61. The van der Waals surface area contributed by atoms with Gasteiger partial charge in [0.05, 0.1) is 5.69 Å². The molecule has 0 amide bonds. The molecule has 22 heavy (non-hydrogen) atoms. The summed E-state index contributed by atoms with van der Waals surface area (Å²) in [5.41, 5.74) is 5.89. The standard InChI is InChI=1S/C13H13F3N4O2/c1-20(2)12-18-9(6-11(17)19-12)8-5-7(3-4-10(8)21)22-13(14,15)16/h3-6,21H,1-2H3,(H2,17,18,19). The molecule has 0 fully saturated rings. The maximum absolute atomic E-state index is 12.3. The zero-order chi connectivity index (χ0) is 16.5. The molecule has 1 aromatic heterocycles. The summed E-state index contributed by atoms with van der Waals surface area (Å²) < 4.78 is 40.6. The van der Waals surface area contributed by atoms with Crippen LogP contribution in [0.5, 0.6) is 11.5 Å². The van der Waals surface area contributed by atoms with Crippen LogP contribution in [0.4, 0.5) is 24.9 Å². The molecule has 118 valence electrons.